The van der Waals surface area contributed by atoms with E-state index in [1.54, 1.807) is 34.9 Å². The summed E-state index contributed by atoms with van der Waals surface area (Å²) < 4.78 is 0. The van der Waals surface area contributed by atoms with Crippen LogP contribution in [0.5, 0.6) is 0 Å². The minimum absolute atomic E-state index is 0.00283. The fourth-order valence-corrected chi connectivity index (χ4v) is 4.94. The van der Waals surface area contributed by atoms with Crippen molar-refractivity contribution in [3.63, 3.8) is 0 Å². The fourth-order valence-electron chi connectivity index (χ4n) is 3.21. The molecular formula is C21H22Cl2N2O2S. The largest absolute Gasteiger partial charge is 0.352 e. The van der Waals surface area contributed by atoms with Gasteiger partial charge in [-0.3, -0.25) is 9.59 Å². The number of nitrogens with zero attached hydrogens (tertiary/aromatic N) is 1. The van der Waals surface area contributed by atoms with Crippen LogP contribution in [-0.2, 0) is 4.79 Å². The Kier molecular flexibility index (Phi) is 6.58. The predicted molar refractivity (Wildman–Crippen MR) is 116 cm³/mol. The van der Waals surface area contributed by atoms with Gasteiger partial charge in [-0.15, -0.1) is 11.8 Å². The summed E-state index contributed by atoms with van der Waals surface area (Å²) in [6, 6.07) is 12.2. The van der Waals surface area contributed by atoms with Gasteiger partial charge in [0.15, 0.2) is 0 Å². The van der Waals surface area contributed by atoms with Gasteiger partial charge >= 0.3 is 0 Å². The number of hydrogen-bond acceptors (Lipinski definition) is 3. The number of benzene rings is 2. The number of amides is 2. The quantitative estimate of drug-likeness (QED) is 0.726. The third-order valence-corrected chi connectivity index (χ3v) is 6.64. The molecule has 1 heterocycles. The van der Waals surface area contributed by atoms with E-state index in [0.717, 1.165) is 11.1 Å². The van der Waals surface area contributed by atoms with Crippen molar-refractivity contribution >= 4 is 46.8 Å². The molecule has 1 N–H and O–H groups in total. The minimum Gasteiger partial charge on any atom is -0.352 e. The van der Waals surface area contributed by atoms with E-state index in [1.807, 2.05) is 45.0 Å². The summed E-state index contributed by atoms with van der Waals surface area (Å²) in [5.41, 5.74) is 2.32. The molecule has 2 aromatic rings. The lowest BCUT2D eigenvalue weighted by Crippen LogP contribution is -2.49. The van der Waals surface area contributed by atoms with Crippen molar-refractivity contribution < 1.29 is 9.59 Å². The standard InChI is InChI=1S/C21H22Cl2N2O2S/c1-12(2)24-19(26)18-11-28-21(14-8-9-16(22)17(23)10-14)25(18)20(27)15-7-5-4-6-13(15)3/h4-10,12,18,21H,11H2,1-3H3,(H,24,26). The predicted octanol–water partition coefficient (Wildman–Crippen LogP) is 5.08. The molecule has 0 aliphatic carbocycles. The summed E-state index contributed by atoms with van der Waals surface area (Å²) in [5, 5.41) is 3.51. The molecular weight excluding hydrogens is 415 g/mol. The van der Waals surface area contributed by atoms with Crippen LogP contribution in [0, 0.1) is 6.92 Å². The molecule has 0 spiro atoms. The summed E-state index contributed by atoms with van der Waals surface area (Å²) in [6.45, 7) is 5.71. The average molecular weight is 437 g/mol. The first-order chi connectivity index (χ1) is 13.3. The Morgan fingerprint density at radius 2 is 1.86 bits per heavy atom. The van der Waals surface area contributed by atoms with Gasteiger partial charge in [0.1, 0.15) is 11.4 Å². The van der Waals surface area contributed by atoms with E-state index in [9.17, 15) is 9.59 Å². The topological polar surface area (TPSA) is 49.4 Å². The highest BCUT2D eigenvalue weighted by Gasteiger charge is 2.43. The highest BCUT2D eigenvalue weighted by Crippen LogP contribution is 2.43. The molecule has 2 amide bonds. The summed E-state index contributed by atoms with van der Waals surface area (Å²) in [4.78, 5) is 28.0. The molecule has 0 bridgehead atoms. The maximum absolute atomic E-state index is 13.5. The Morgan fingerprint density at radius 1 is 1.14 bits per heavy atom. The van der Waals surface area contributed by atoms with E-state index >= 15 is 0 Å². The van der Waals surface area contributed by atoms with Crippen LogP contribution in [0.1, 0.15) is 40.7 Å². The summed E-state index contributed by atoms with van der Waals surface area (Å²) >= 11 is 13.8. The van der Waals surface area contributed by atoms with Gasteiger partial charge in [0.25, 0.3) is 5.91 Å². The second kappa shape index (κ2) is 8.76. The molecule has 0 radical (unpaired) electrons. The van der Waals surface area contributed by atoms with Gasteiger partial charge in [-0.1, -0.05) is 47.5 Å². The van der Waals surface area contributed by atoms with Gasteiger partial charge in [0.05, 0.1) is 10.0 Å². The molecule has 1 aliphatic heterocycles. The first-order valence-electron chi connectivity index (χ1n) is 9.04. The van der Waals surface area contributed by atoms with Gasteiger partial charge in [0, 0.05) is 17.4 Å². The molecule has 28 heavy (non-hydrogen) atoms. The van der Waals surface area contributed by atoms with Crippen molar-refractivity contribution in [2.45, 2.75) is 38.2 Å². The lowest BCUT2D eigenvalue weighted by Gasteiger charge is -2.30. The zero-order chi connectivity index (χ0) is 20.4. The van der Waals surface area contributed by atoms with Crippen LogP contribution < -0.4 is 5.32 Å². The lowest BCUT2D eigenvalue weighted by molar-refractivity contribution is -0.125. The zero-order valence-corrected chi connectivity index (χ0v) is 18.2. The van der Waals surface area contributed by atoms with Gasteiger partial charge in [0.2, 0.25) is 5.91 Å². The van der Waals surface area contributed by atoms with Gasteiger partial charge in [-0.05, 0) is 50.1 Å². The number of nitrogens with one attached hydrogen (secondary N) is 1. The molecule has 0 aromatic heterocycles. The van der Waals surface area contributed by atoms with E-state index in [0.29, 0.717) is 21.4 Å². The molecule has 3 rings (SSSR count). The Hall–Kier alpha value is -1.69. The van der Waals surface area contributed by atoms with Gasteiger partial charge in [-0.25, -0.2) is 0 Å². The van der Waals surface area contributed by atoms with Crippen molar-refractivity contribution in [3.8, 4) is 0 Å². The SMILES string of the molecule is Cc1ccccc1C(=O)N1C(C(=O)NC(C)C)CSC1c1ccc(Cl)c(Cl)c1. The van der Waals surface area contributed by atoms with E-state index in [1.165, 1.54) is 0 Å². The van der Waals surface area contributed by atoms with Crippen LogP contribution in [-0.4, -0.2) is 34.6 Å². The van der Waals surface area contributed by atoms with Crippen LogP contribution in [0.4, 0.5) is 0 Å². The molecule has 1 fully saturated rings. The van der Waals surface area contributed by atoms with Crippen molar-refractivity contribution in [1.82, 2.24) is 10.2 Å². The molecule has 1 saturated heterocycles. The number of rotatable bonds is 4. The van der Waals surface area contributed by atoms with E-state index < -0.39 is 6.04 Å². The number of halogens is 2. The molecule has 1 aliphatic rings. The smallest absolute Gasteiger partial charge is 0.256 e. The number of hydrogen-bond donors (Lipinski definition) is 1. The van der Waals surface area contributed by atoms with Crippen LogP contribution >= 0.6 is 35.0 Å². The van der Waals surface area contributed by atoms with Crippen molar-refractivity contribution in [3.05, 3.63) is 69.2 Å². The van der Waals surface area contributed by atoms with Crippen LogP contribution in [0.25, 0.3) is 0 Å². The van der Waals surface area contributed by atoms with Crippen LogP contribution in [0.3, 0.4) is 0 Å². The average Bonchev–Trinajstić information content (AvgIpc) is 3.08. The molecule has 4 nitrogen and oxygen atoms in total. The second-order valence-corrected chi connectivity index (χ2v) is 8.99. The third-order valence-electron chi connectivity index (χ3n) is 4.57. The normalized spacial score (nSPS) is 19.1. The highest BCUT2D eigenvalue weighted by molar-refractivity contribution is 7.99. The Labute approximate surface area is 179 Å². The minimum atomic E-state index is -0.557. The van der Waals surface area contributed by atoms with Crippen molar-refractivity contribution in [2.24, 2.45) is 0 Å². The fraction of sp³-hybridized carbons (Fsp3) is 0.333. The molecule has 2 unspecified atom stereocenters. The Balaban J connectivity index is 2.01. The lowest BCUT2D eigenvalue weighted by atomic mass is 10.1. The van der Waals surface area contributed by atoms with Crippen molar-refractivity contribution in [2.75, 3.05) is 5.75 Å². The zero-order valence-electron chi connectivity index (χ0n) is 15.9. The second-order valence-electron chi connectivity index (χ2n) is 7.07. The van der Waals surface area contributed by atoms with Gasteiger partial charge < -0.3 is 10.2 Å². The number of thioether (sulfide) groups is 1. The molecule has 2 atom stereocenters. The first kappa shape index (κ1) is 21.0. The van der Waals surface area contributed by atoms with Gasteiger partial charge in [-0.2, -0.15) is 0 Å². The summed E-state index contributed by atoms with van der Waals surface area (Å²) in [6.07, 6.45) is 0. The number of carbonyl (C=O) groups is 2. The Bertz CT molecular complexity index is 904. The first-order valence-corrected chi connectivity index (χ1v) is 10.8. The summed E-state index contributed by atoms with van der Waals surface area (Å²) in [7, 11) is 0. The molecule has 7 heteroatoms. The van der Waals surface area contributed by atoms with E-state index in [-0.39, 0.29) is 23.2 Å². The molecule has 0 saturated carbocycles. The van der Waals surface area contributed by atoms with Crippen LogP contribution in [0.15, 0.2) is 42.5 Å². The number of aryl methyl sites for hydroxylation is 1. The summed E-state index contributed by atoms with van der Waals surface area (Å²) in [5.74, 6) is 0.205. The highest BCUT2D eigenvalue weighted by atomic mass is 35.5. The maximum Gasteiger partial charge on any atom is 0.256 e. The van der Waals surface area contributed by atoms with Crippen LogP contribution in [0.2, 0.25) is 10.0 Å². The molecule has 2 aromatic carbocycles. The molecule has 148 valence electrons. The number of carbonyl (C=O) groups excluding carboxylic acids is 2. The van der Waals surface area contributed by atoms with E-state index in [4.69, 9.17) is 23.2 Å². The monoisotopic (exact) mass is 436 g/mol. The third kappa shape index (κ3) is 4.32. The van der Waals surface area contributed by atoms with E-state index in [2.05, 4.69) is 5.32 Å². The Morgan fingerprint density at radius 3 is 2.50 bits per heavy atom. The van der Waals surface area contributed by atoms with Crippen molar-refractivity contribution in [1.29, 1.82) is 0 Å². The maximum atomic E-state index is 13.5.